The number of benzene rings is 1. The molecular formula is C16H17N5O3S. The molecule has 1 atom stereocenters. The van der Waals surface area contributed by atoms with E-state index in [1.165, 1.54) is 6.33 Å². The van der Waals surface area contributed by atoms with Crippen LogP contribution in [-0.2, 0) is 17.6 Å². The second-order valence-corrected chi connectivity index (χ2v) is 6.99. The van der Waals surface area contributed by atoms with Crippen LogP contribution < -0.4 is 4.74 Å². The van der Waals surface area contributed by atoms with Crippen molar-refractivity contribution in [1.29, 1.82) is 0 Å². The molecule has 0 amide bonds. The van der Waals surface area contributed by atoms with E-state index in [2.05, 4.69) is 10.1 Å². The summed E-state index contributed by atoms with van der Waals surface area (Å²) in [6, 6.07) is 5.11. The second-order valence-electron chi connectivity index (χ2n) is 6.02. The number of rotatable bonds is 3. The minimum Gasteiger partial charge on any atom is -0.491 e. The molecule has 3 heterocycles. The van der Waals surface area contributed by atoms with Crippen LogP contribution in [0.4, 0.5) is 0 Å². The van der Waals surface area contributed by atoms with Gasteiger partial charge in [0.25, 0.3) is 0 Å². The van der Waals surface area contributed by atoms with Crippen LogP contribution in [0.1, 0.15) is 19.9 Å². The number of ether oxygens (including phenoxy) is 1. The molecule has 3 aromatic rings. The van der Waals surface area contributed by atoms with Gasteiger partial charge in [0.05, 0.1) is 17.0 Å². The van der Waals surface area contributed by atoms with Crippen LogP contribution >= 0.6 is 0 Å². The largest absolute Gasteiger partial charge is 0.491 e. The van der Waals surface area contributed by atoms with Gasteiger partial charge in [0, 0.05) is 12.2 Å². The van der Waals surface area contributed by atoms with Gasteiger partial charge in [0.15, 0.2) is 16.9 Å². The summed E-state index contributed by atoms with van der Waals surface area (Å²) < 4.78 is 30.3. The minimum atomic E-state index is -2.06. The van der Waals surface area contributed by atoms with Gasteiger partial charge in [-0.25, -0.2) is 18.9 Å². The Kier molecular flexibility index (Phi) is 3.89. The van der Waals surface area contributed by atoms with Crippen molar-refractivity contribution in [2.45, 2.75) is 31.3 Å². The highest BCUT2D eigenvalue weighted by molar-refractivity contribution is 7.79. The normalized spacial score (nSPS) is 14.6. The molecule has 1 aromatic carbocycles. The lowest BCUT2D eigenvalue weighted by atomic mass is 10.2. The Hall–Kier alpha value is -2.52. The molecule has 0 fully saturated rings. The number of fused-ring (bicyclic) bond motifs is 3. The predicted molar refractivity (Wildman–Crippen MR) is 91.6 cm³/mol. The number of imidazole rings is 1. The van der Waals surface area contributed by atoms with Crippen molar-refractivity contribution in [3.63, 3.8) is 0 Å². The fraction of sp³-hybridized carbons (Fsp3) is 0.312. The standard InChI is InChI=1S/C16H17N5O3S/c1-10(2)21-16(17-9-18-21)13-8-20-5-6-24-14-4-3-11(25(22)23)7-12(14)15(20)19-13/h3-4,7-10H,5-6H2,1-2H3,(H,22,23). The summed E-state index contributed by atoms with van der Waals surface area (Å²) in [6.07, 6.45) is 3.43. The van der Waals surface area contributed by atoms with Crippen LogP contribution in [0.25, 0.3) is 22.9 Å². The van der Waals surface area contributed by atoms with E-state index in [1.807, 2.05) is 29.3 Å². The van der Waals surface area contributed by atoms with Crippen LogP contribution in [-0.4, -0.2) is 39.7 Å². The zero-order chi connectivity index (χ0) is 17.6. The molecule has 0 aliphatic carbocycles. The van der Waals surface area contributed by atoms with Crippen molar-refractivity contribution in [3.8, 4) is 28.7 Å². The third-order valence-electron chi connectivity index (χ3n) is 4.05. The lowest BCUT2D eigenvalue weighted by Crippen LogP contribution is -2.06. The van der Waals surface area contributed by atoms with Crippen LogP contribution in [0.15, 0.2) is 35.6 Å². The molecule has 25 heavy (non-hydrogen) atoms. The number of nitrogens with zero attached hydrogens (tertiary/aromatic N) is 5. The molecule has 8 nitrogen and oxygen atoms in total. The highest BCUT2D eigenvalue weighted by atomic mass is 32.2. The van der Waals surface area contributed by atoms with Gasteiger partial charge in [-0.3, -0.25) is 0 Å². The third-order valence-corrected chi connectivity index (χ3v) is 4.71. The fourth-order valence-electron chi connectivity index (χ4n) is 2.89. The smallest absolute Gasteiger partial charge is 0.186 e. The Bertz CT molecular complexity index is 963. The quantitative estimate of drug-likeness (QED) is 0.722. The van der Waals surface area contributed by atoms with Crippen molar-refractivity contribution in [2.24, 2.45) is 0 Å². The van der Waals surface area contributed by atoms with E-state index < -0.39 is 11.1 Å². The highest BCUT2D eigenvalue weighted by Crippen LogP contribution is 2.35. The van der Waals surface area contributed by atoms with Crippen molar-refractivity contribution in [1.82, 2.24) is 24.3 Å². The molecule has 1 unspecified atom stereocenters. The molecule has 1 aliphatic rings. The molecule has 0 radical (unpaired) electrons. The van der Waals surface area contributed by atoms with Crippen molar-refractivity contribution in [2.75, 3.05) is 6.61 Å². The maximum Gasteiger partial charge on any atom is 0.186 e. The average Bonchev–Trinajstić information content (AvgIpc) is 3.18. The summed E-state index contributed by atoms with van der Waals surface area (Å²) >= 11 is -2.06. The van der Waals surface area contributed by atoms with E-state index in [0.717, 1.165) is 0 Å². The molecule has 1 aliphatic heterocycles. The number of aromatic nitrogens is 5. The summed E-state index contributed by atoms with van der Waals surface area (Å²) in [5.74, 6) is 2.03. The highest BCUT2D eigenvalue weighted by Gasteiger charge is 2.22. The van der Waals surface area contributed by atoms with E-state index in [0.29, 0.717) is 46.7 Å². The van der Waals surface area contributed by atoms with Gasteiger partial charge in [-0.1, -0.05) is 0 Å². The van der Waals surface area contributed by atoms with Gasteiger partial charge in [-0.15, -0.1) is 0 Å². The van der Waals surface area contributed by atoms with Crippen LogP contribution in [0.5, 0.6) is 5.75 Å². The van der Waals surface area contributed by atoms with Gasteiger partial charge >= 0.3 is 0 Å². The van der Waals surface area contributed by atoms with Crippen LogP contribution in [0.2, 0.25) is 0 Å². The average molecular weight is 359 g/mol. The summed E-state index contributed by atoms with van der Waals surface area (Å²) in [7, 11) is 0. The zero-order valence-electron chi connectivity index (χ0n) is 13.8. The molecule has 130 valence electrons. The van der Waals surface area contributed by atoms with E-state index in [4.69, 9.17) is 9.72 Å². The first-order valence-corrected chi connectivity index (χ1v) is 9.00. The van der Waals surface area contributed by atoms with Crippen LogP contribution in [0.3, 0.4) is 0 Å². The monoisotopic (exact) mass is 359 g/mol. The molecule has 0 spiro atoms. The molecule has 9 heteroatoms. The van der Waals surface area contributed by atoms with Crippen molar-refractivity contribution < 1.29 is 13.5 Å². The van der Waals surface area contributed by atoms with Gasteiger partial charge in [-0.05, 0) is 32.0 Å². The van der Waals surface area contributed by atoms with Gasteiger partial charge in [0.2, 0.25) is 0 Å². The first-order chi connectivity index (χ1) is 12.0. The molecule has 0 saturated heterocycles. The van der Waals surface area contributed by atoms with Crippen molar-refractivity contribution >= 4 is 11.1 Å². The molecule has 0 bridgehead atoms. The Labute approximate surface area is 146 Å². The summed E-state index contributed by atoms with van der Waals surface area (Å²) in [4.78, 5) is 9.36. The van der Waals surface area contributed by atoms with E-state index >= 15 is 0 Å². The maximum absolute atomic E-state index is 11.4. The van der Waals surface area contributed by atoms with Crippen molar-refractivity contribution in [3.05, 3.63) is 30.7 Å². The topological polar surface area (TPSA) is 95.1 Å². The Morgan fingerprint density at radius 2 is 2.16 bits per heavy atom. The molecule has 2 aromatic heterocycles. The summed E-state index contributed by atoms with van der Waals surface area (Å²) in [6.45, 7) is 5.19. The second kappa shape index (κ2) is 6.08. The summed E-state index contributed by atoms with van der Waals surface area (Å²) in [5, 5.41) is 4.26. The number of hydrogen-bond acceptors (Lipinski definition) is 5. The number of hydrogen-bond donors (Lipinski definition) is 1. The van der Waals surface area contributed by atoms with Gasteiger partial charge in [0.1, 0.15) is 30.2 Å². The van der Waals surface area contributed by atoms with Gasteiger partial charge < -0.3 is 13.9 Å². The van der Waals surface area contributed by atoms with Gasteiger partial charge in [-0.2, -0.15) is 5.10 Å². The van der Waals surface area contributed by atoms with Crippen LogP contribution in [0, 0.1) is 0 Å². The molecular weight excluding hydrogens is 342 g/mol. The predicted octanol–water partition coefficient (Wildman–Crippen LogP) is 2.36. The maximum atomic E-state index is 11.4. The van der Waals surface area contributed by atoms with E-state index in [1.54, 1.807) is 18.2 Å². The molecule has 1 N–H and O–H groups in total. The van der Waals surface area contributed by atoms with E-state index in [9.17, 15) is 8.76 Å². The zero-order valence-corrected chi connectivity index (χ0v) is 14.6. The van der Waals surface area contributed by atoms with E-state index in [-0.39, 0.29) is 6.04 Å². The minimum absolute atomic E-state index is 0.165. The lowest BCUT2D eigenvalue weighted by molar-refractivity contribution is 0.306. The lowest BCUT2D eigenvalue weighted by Gasteiger charge is -2.08. The molecule has 4 rings (SSSR count). The summed E-state index contributed by atoms with van der Waals surface area (Å²) in [5.41, 5.74) is 1.41. The Morgan fingerprint density at radius 1 is 1.32 bits per heavy atom. The first kappa shape index (κ1) is 16.0. The Morgan fingerprint density at radius 3 is 2.92 bits per heavy atom. The fourth-order valence-corrected chi connectivity index (χ4v) is 3.30. The Balaban J connectivity index is 1.87. The third kappa shape index (κ3) is 2.75. The SMILES string of the molecule is CC(C)n1ncnc1-c1cn2c(n1)-c1cc(S(=O)O)ccc1OCC2. The molecule has 0 saturated carbocycles. The first-order valence-electron chi connectivity index (χ1n) is 7.89.